The summed E-state index contributed by atoms with van der Waals surface area (Å²) in [7, 11) is 0. The molecule has 0 amide bonds. The maximum Gasteiger partial charge on any atom is 0 e. The van der Waals surface area contributed by atoms with E-state index in [2.05, 4.69) is 42.9 Å². The van der Waals surface area contributed by atoms with E-state index in [1.165, 1.54) is 11.1 Å². The zero-order chi connectivity index (χ0) is 7.52. The summed E-state index contributed by atoms with van der Waals surface area (Å²) in [5, 5.41) is 0. The third kappa shape index (κ3) is 2.35. The SMILES string of the molecule is C1=CCC([CH-]C2=CC=CC2)=C1.[H-].[Zr]. The summed E-state index contributed by atoms with van der Waals surface area (Å²) in [5.41, 5.74) is 2.86. The standard InChI is InChI=1S/C11H11.Zr.H/c1-2-6-10(5-1)9-11-7-3-4-8-11;;/h1-5,7,9H,6,8H2;;/q-1;;-1. The summed E-state index contributed by atoms with van der Waals surface area (Å²) in [6.45, 7) is 0. The van der Waals surface area contributed by atoms with Crippen molar-refractivity contribution in [2.24, 2.45) is 0 Å². The summed E-state index contributed by atoms with van der Waals surface area (Å²) in [6, 6.07) is 0. The van der Waals surface area contributed by atoms with Crippen molar-refractivity contribution < 1.29 is 27.6 Å². The predicted octanol–water partition coefficient (Wildman–Crippen LogP) is 3.07. The van der Waals surface area contributed by atoms with Crippen molar-refractivity contribution in [2.45, 2.75) is 12.8 Å². The molecule has 0 N–H and O–H groups in total. The molecule has 0 atom stereocenters. The van der Waals surface area contributed by atoms with Crippen molar-refractivity contribution in [3.8, 4) is 0 Å². The molecule has 0 nitrogen and oxygen atoms in total. The van der Waals surface area contributed by atoms with Gasteiger partial charge in [-0.3, -0.25) is 0 Å². The number of hydrogen-bond acceptors (Lipinski definition) is 0. The van der Waals surface area contributed by atoms with Gasteiger partial charge in [0.05, 0.1) is 0 Å². The van der Waals surface area contributed by atoms with Crippen molar-refractivity contribution in [3.05, 3.63) is 54.0 Å². The van der Waals surface area contributed by atoms with Gasteiger partial charge in [-0.05, 0) is 12.8 Å². The Bertz CT molecular complexity index is 244. The third-order valence-electron chi connectivity index (χ3n) is 1.97. The molecule has 62 valence electrons. The summed E-state index contributed by atoms with van der Waals surface area (Å²) in [6.07, 6.45) is 17.5. The molecule has 2 aliphatic rings. The molecule has 0 saturated carbocycles. The fraction of sp³-hybridized carbons (Fsp3) is 0.182. The van der Waals surface area contributed by atoms with E-state index in [1.54, 1.807) is 0 Å². The molecule has 0 saturated heterocycles. The summed E-state index contributed by atoms with van der Waals surface area (Å²) in [4.78, 5) is 0. The van der Waals surface area contributed by atoms with E-state index in [4.69, 9.17) is 0 Å². The number of rotatable bonds is 2. The molecule has 0 bridgehead atoms. The van der Waals surface area contributed by atoms with Crippen molar-refractivity contribution in [2.75, 3.05) is 0 Å². The Hall–Kier alpha value is -0.287. The molecule has 1 heteroatoms. The largest absolute Gasteiger partial charge is 1.00 e. The van der Waals surface area contributed by atoms with E-state index < -0.39 is 0 Å². The normalized spacial score (nSPS) is 18.7. The first-order valence-electron chi connectivity index (χ1n) is 4.01. The molecule has 0 aromatic rings. The zero-order valence-corrected chi connectivity index (χ0v) is 9.41. The van der Waals surface area contributed by atoms with E-state index in [1.807, 2.05) is 0 Å². The fourth-order valence-electron chi connectivity index (χ4n) is 1.38. The van der Waals surface area contributed by atoms with Gasteiger partial charge in [-0.15, -0.1) is 12.2 Å². The molecule has 0 spiro atoms. The molecule has 0 aromatic heterocycles. The van der Waals surface area contributed by atoms with Gasteiger partial charge in [-0.1, -0.05) is 12.2 Å². The summed E-state index contributed by atoms with van der Waals surface area (Å²) < 4.78 is 0. The maximum atomic E-state index is 2.28. The van der Waals surface area contributed by atoms with Crippen LogP contribution in [0.5, 0.6) is 0 Å². The molecular formula is C11H12Zr-2. The Kier molecular flexibility index (Phi) is 3.81. The van der Waals surface area contributed by atoms with Crippen LogP contribution in [0.2, 0.25) is 0 Å². The van der Waals surface area contributed by atoms with Gasteiger partial charge < -0.3 is 1.43 Å². The van der Waals surface area contributed by atoms with E-state index in [0.717, 1.165) is 12.8 Å². The average Bonchev–Trinajstić information content (AvgIpc) is 2.60. The number of hydrogen-bond donors (Lipinski definition) is 0. The van der Waals surface area contributed by atoms with Crippen molar-refractivity contribution in [1.29, 1.82) is 0 Å². The third-order valence-corrected chi connectivity index (χ3v) is 1.97. The topological polar surface area (TPSA) is 0 Å². The molecule has 0 unspecified atom stereocenters. The second kappa shape index (κ2) is 4.67. The average molecular weight is 235 g/mol. The molecular weight excluding hydrogens is 223 g/mol. The minimum atomic E-state index is 0. The zero-order valence-electron chi connectivity index (χ0n) is 7.96. The monoisotopic (exact) mass is 234 g/mol. The smallest absolute Gasteiger partial charge is 0 e. The molecule has 2 aliphatic carbocycles. The molecule has 0 radical (unpaired) electrons. The minimum absolute atomic E-state index is 0. The van der Waals surface area contributed by atoms with Crippen LogP contribution in [0, 0.1) is 6.42 Å². The van der Waals surface area contributed by atoms with Gasteiger partial charge in [0.2, 0.25) is 0 Å². The van der Waals surface area contributed by atoms with Crippen LogP contribution >= 0.6 is 0 Å². The van der Waals surface area contributed by atoms with Crippen LogP contribution in [0.3, 0.4) is 0 Å². The Morgan fingerprint density at radius 2 is 1.50 bits per heavy atom. The van der Waals surface area contributed by atoms with Crippen molar-refractivity contribution >= 4 is 0 Å². The van der Waals surface area contributed by atoms with Gasteiger partial charge in [0, 0.05) is 26.2 Å². The second-order valence-electron chi connectivity index (χ2n) is 2.89. The minimum Gasteiger partial charge on any atom is -1.00 e. The fourth-order valence-corrected chi connectivity index (χ4v) is 1.38. The van der Waals surface area contributed by atoms with E-state index in [0.29, 0.717) is 0 Å². The number of allylic oxidation sites excluding steroid dienone is 8. The van der Waals surface area contributed by atoms with Crippen molar-refractivity contribution in [1.82, 2.24) is 0 Å². The van der Waals surface area contributed by atoms with Crippen LogP contribution in [0.4, 0.5) is 0 Å². The van der Waals surface area contributed by atoms with Crippen LogP contribution < -0.4 is 0 Å². The Morgan fingerprint density at radius 1 is 1.00 bits per heavy atom. The predicted molar refractivity (Wildman–Crippen MR) is 49.1 cm³/mol. The molecule has 2 rings (SSSR count). The van der Waals surface area contributed by atoms with Gasteiger partial charge in [-0.25, -0.2) is 0 Å². The first-order valence-corrected chi connectivity index (χ1v) is 4.01. The van der Waals surface area contributed by atoms with Gasteiger partial charge in [-0.2, -0.15) is 29.7 Å². The van der Waals surface area contributed by atoms with Gasteiger partial charge >= 0.3 is 0 Å². The molecule has 12 heavy (non-hydrogen) atoms. The molecule has 0 fully saturated rings. The Balaban J connectivity index is 0.000000720. The van der Waals surface area contributed by atoms with Gasteiger partial charge in [0.1, 0.15) is 0 Å². The summed E-state index contributed by atoms with van der Waals surface area (Å²) >= 11 is 0. The van der Waals surface area contributed by atoms with Crippen LogP contribution in [0.15, 0.2) is 47.6 Å². The quantitative estimate of drug-likeness (QED) is 0.645. The van der Waals surface area contributed by atoms with E-state index in [-0.39, 0.29) is 27.6 Å². The van der Waals surface area contributed by atoms with Gasteiger partial charge in [0.15, 0.2) is 0 Å². The second-order valence-corrected chi connectivity index (χ2v) is 2.89. The van der Waals surface area contributed by atoms with E-state index >= 15 is 0 Å². The van der Waals surface area contributed by atoms with E-state index in [9.17, 15) is 0 Å². The van der Waals surface area contributed by atoms with Crippen LogP contribution in [0.25, 0.3) is 0 Å². The molecule has 0 aliphatic heterocycles. The van der Waals surface area contributed by atoms with Crippen molar-refractivity contribution in [3.63, 3.8) is 0 Å². The van der Waals surface area contributed by atoms with Gasteiger partial charge in [0.25, 0.3) is 0 Å². The van der Waals surface area contributed by atoms with Crippen LogP contribution in [0.1, 0.15) is 14.3 Å². The van der Waals surface area contributed by atoms with Crippen LogP contribution in [-0.2, 0) is 26.2 Å². The summed E-state index contributed by atoms with van der Waals surface area (Å²) in [5.74, 6) is 0. The van der Waals surface area contributed by atoms with Crippen LogP contribution in [-0.4, -0.2) is 0 Å². The first kappa shape index (κ1) is 9.80. The molecule has 0 aromatic carbocycles. The molecule has 0 heterocycles. The Labute approximate surface area is 94.4 Å². The Morgan fingerprint density at radius 3 is 1.83 bits per heavy atom. The first-order chi connectivity index (χ1) is 5.45. The maximum absolute atomic E-state index is 2.28.